The van der Waals surface area contributed by atoms with Crippen LogP contribution in [0.15, 0.2) is 0 Å². The zero-order valence-electron chi connectivity index (χ0n) is 5.92. The molecule has 0 saturated heterocycles. The fourth-order valence-corrected chi connectivity index (χ4v) is 13.2. The van der Waals surface area contributed by atoms with Crippen molar-refractivity contribution < 1.29 is 0 Å². The Bertz CT molecular complexity index is 58.5. The van der Waals surface area contributed by atoms with Crippen molar-refractivity contribution in [3.05, 3.63) is 0 Å². The molecule has 0 unspecified atom stereocenters. The van der Waals surface area contributed by atoms with E-state index in [4.69, 9.17) is 0 Å². The fraction of sp³-hybridized carbons (Fsp3) is 1.00. The first kappa shape index (κ1) is 10.6. The van der Waals surface area contributed by atoms with Crippen molar-refractivity contribution in [1.82, 2.24) is 0 Å². The van der Waals surface area contributed by atoms with Gasteiger partial charge in [0.1, 0.15) is 7.95 Å². The van der Waals surface area contributed by atoms with Crippen LogP contribution in [0.5, 0.6) is 0 Å². The van der Waals surface area contributed by atoms with Crippen LogP contribution in [0.4, 0.5) is 0 Å². The van der Waals surface area contributed by atoms with Gasteiger partial charge in [0.15, 0.2) is 0 Å². The molecule has 0 atom stereocenters. The van der Waals surface area contributed by atoms with Gasteiger partial charge in [-0.25, -0.2) is 0 Å². The second-order valence-electron chi connectivity index (χ2n) is 1.69. The third-order valence-corrected chi connectivity index (χ3v) is 13.0. The van der Waals surface area contributed by atoms with E-state index in [0.717, 1.165) is 0 Å². The highest BCUT2D eigenvalue weighted by atomic mass is 33.7. The molecule has 0 radical (unpaired) electrons. The van der Waals surface area contributed by atoms with Gasteiger partial charge in [-0.15, -0.1) is 10.2 Å². The van der Waals surface area contributed by atoms with E-state index in [2.05, 4.69) is 30.3 Å². The Labute approximate surface area is 74.1 Å². The Morgan fingerprint density at radius 1 is 1.22 bits per heavy atom. The predicted octanol–water partition coefficient (Wildman–Crippen LogP) is 3.67. The minimum atomic E-state index is -0.368. The molecule has 0 aromatic carbocycles. The summed E-state index contributed by atoms with van der Waals surface area (Å²) in [6.07, 6.45) is 0. The summed E-state index contributed by atoms with van der Waals surface area (Å²) in [5, 5.41) is 0. The summed E-state index contributed by atoms with van der Waals surface area (Å²) in [5.74, 6) is 1.22. The van der Waals surface area contributed by atoms with Gasteiger partial charge in [-0.1, -0.05) is 30.8 Å². The van der Waals surface area contributed by atoms with Gasteiger partial charge in [0.05, 0.1) is 0 Å². The Balaban J connectivity index is 2.75. The normalized spacial score (nSPS) is 10.7. The summed E-state index contributed by atoms with van der Waals surface area (Å²) in [4.78, 5) is 0. The molecule has 0 nitrogen and oxygen atoms in total. The first-order chi connectivity index (χ1) is 4.27. The van der Waals surface area contributed by atoms with Crippen molar-refractivity contribution in [3.63, 3.8) is 0 Å². The lowest BCUT2D eigenvalue weighted by atomic mass is 11.0. The average molecular weight is 216 g/mol. The molecule has 0 saturated carbocycles. The van der Waals surface area contributed by atoms with E-state index in [-0.39, 0.29) is 7.95 Å². The van der Waals surface area contributed by atoms with E-state index < -0.39 is 0 Å². The van der Waals surface area contributed by atoms with E-state index in [1.54, 1.807) is 0 Å². The molecular formula is C4H12S4Si. The fourth-order valence-electron chi connectivity index (χ4n) is 0.162. The molecule has 0 aromatic heterocycles. The second kappa shape index (κ2) is 7.72. The highest BCUT2D eigenvalue weighted by Gasteiger charge is 1.95. The quantitative estimate of drug-likeness (QED) is 0.390. The molecule has 56 valence electrons. The SMILES string of the molecule is CCSSSS[SiH](C)C. The van der Waals surface area contributed by atoms with Crippen molar-refractivity contribution in [2.75, 3.05) is 5.75 Å². The Morgan fingerprint density at radius 3 is 2.33 bits per heavy atom. The van der Waals surface area contributed by atoms with E-state index in [1.165, 1.54) is 5.75 Å². The average Bonchev–Trinajstić information content (AvgIpc) is 1.80. The molecule has 0 aliphatic heterocycles. The van der Waals surface area contributed by atoms with Crippen LogP contribution >= 0.6 is 40.7 Å². The minimum absolute atomic E-state index is 0.368. The molecule has 0 N–H and O–H groups in total. The highest BCUT2D eigenvalue weighted by Crippen LogP contribution is 2.43. The van der Waals surface area contributed by atoms with Gasteiger partial charge in [0, 0.05) is 5.75 Å². The van der Waals surface area contributed by atoms with Gasteiger partial charge in [-0.3, -0.25) is 0 Å². The standard InChI is InChI=1S/C4H12S4Si/c1-4-5-6-7-8-9(2)3/h9H,4H2,1-3H3. The van der Waals surface area contributed by atoms with Gasteiger partial charge in [-0.2, -0.15) is 0 Å². The Kier molecular flexibility index (Phi) is 9.11. The molecule has 0 amide bonds. The van der Waals surface area contributed by atoms with Gasteiger partial charge in [-0.05, 0) is 19.7 Å². The van der Waals surface area contributed by atoms with Gasteiger partial charge >= 0.3 is 0 Å². The van der Waals surface area contributed by atoms with Crippen LogP contribution in [0, 0.1) is 0 Å². The summed E-state index contributed by atoms with van der Waals surface area (Å²) >= 11 is 0. The lowest BCUT2D eigenvalue weighted by Crippen LogP contribution is -1.85. The third kappa shape index (κ3) is 9.62. The Morgan fingerprint density at radius 2 is 1.89 bits per heavy atom. The molecule has 0 rings (SSSR count). The third-order valence-electron chi connectivity index (χ3n) is 0.425. The molecule has 0 aliphatic rings. The maximum Gasteiger partial charge on any atom is 0.110 e. The molecule has 0 aromatic rings. The minimum Gasteiger partial charge on any atom is -0.113 e. The first-order valence-corrected chi connectivity index (χ1v) is 11.7. The summed E-state index contributed by atoms with van der Waals surface area (Å²) in [6.45, 7) is 6.90. The molecule has 0 spiro atoms. The zero-order chi connectivity index (χ0) is 7.11. The van der Waals surface area contributed by atoms with Crippen molar-refractivity contribution >= 4 is 48.6 Å². The number of rotatable bonds is 5. The van der Waals surface area contributed by atoms with E-state index in [0.29, 0.717) is 0 Å². The topological polar surface area (TPSA) is 0 Å². The van der Waals surface area contributed by atoms with Crippen molar-refractivity contribution in [1.29, 1.82) is 0 Å². The van der Waals surface area contributed by atoms with Gasteiger partial charge in [0.2, 0.25) is 0 Å². The lowest BCUT2D eigenvalue weighted by Gasteiger charge is -1.98. The van der Waals surface area contributed by atoms with E-state index in [9.17, 15) is 0 Å². The summed E-state index contributed by atoms with van der Waals surface area (Å²) < 4.78 is 0. The molecule has 0 heterocycles. The van der Waals surface area contributed by atoms with Crippen LogP contribution in [0.25, 0.3) is 0 Å². The van der Waals surface area contributed by atoms with Crippen LogP contribution in [0.3, 0.4) is 0 Å². The first-order valence-electron chi connectivity index (χ1n) is 2.89. The Hall–Kier alpha value is 1.62. The van der Waals surface area contributed by atoms with Crippen molar-refractivity contribution in [2.24, 2.45) is 0 Å². The van der Waals surface area contributed by atoms with E-state index in [1.807, 2.05) is 30.4 Å². The van der Waals surface area contributed by atoms with Crippen LogP contribution in [0.2, 0.25) is 13.1 Å². The molecule has 0 aliphatic carbocycles. The second-order valence-corrected chi connectivity index (χ2v) is 14.2. The van der Waals surface area contributed by atoms with Crippen LogP contribution in [-0.2, 0) is 0 Å². The predicted molar refractivity (Wildman–Crippen MR) is 59.8 cm³/mol. The summed E-state index contributed by atoms with van der Waals surface area (Å²) in [5.41, 5.74) is 0. The van der Waals surface area contributed by atoms with E-state index >= 15 is 0 Å². The monoisotopic (exact) mass is 216 g/mol. The van der Waals surface area contributed by atoms with Crippen molar-refractivity contribution in [3.8, 4) is 0 Å². The summed E-state index contributed by atoms with van der Waals surface area (Å²) in [7, 11) is 7.49. The molecule has 0 bridgehead atoms. The van der Waals surface area contributed by atoms with Crippen LogP contribution in [0.1, 0.15) is 6.92 Å². The largest absolute Gasteiger partial charge is 0.113 e. The molecule has 9 heavy (non-hydrogen) atoms. The van der Waals surface area contributed by atoms with Crippen LogP contribution in [-0.4, -0.2) is 13.7 Å². The molecule has 0 fully saturated rings. The van der Waals surface area contributed by atoms with Gasteiger partial charge < -0.3 is 0 Å². The van der Waals surface area contributed by atoms with Gasteiger partial charge in [0.25, 0.3) is 0 Å². The van der Waals surface area contributed by atoms with Crippen LogP contribution < -0.4 is 0 Å². The zero-order valence-corrected chi connectivity index (χ0v) is 10.3. The summed E-state index contributed by atoms with van der Waals surface area (Å²) in [6, 6.07) is 0. The smallest absolute Gasteiger partial charge is 0.110 e. The highest BCUT2D eigenvalue weighted by molar-refractivity contribution is 9.28. The lowest BCUT2D eigenvalue weighted by molar-refractivity contribution is 1.54. The number of hydrogen-bond donors (Lipinski definition) is 0. The maximum absolute atomic E-state index is 2.36. The number of hydrogen-bond acceptors (Lipinski definition) is 4. The van der Waals surface area contributed by atoms with Crippen molar-refractivity contribution in [2.45, 2.75) is 20.0 Å². The maximum atomic E-state index is 2.36. The molecular weight excluding hydrogens is 204 g/mol. The molecule has 5 heteroatoms.